The third-order valence-electron chi connectivity index (χ3n) is 4.33. The largest absolute Gasteiger partial charge is 0.478 e. The van der Waals surface area contributed by atoms with E-state index in [1.54, 1.807) is 19.9 Å². The topological polar surface area (TPSA) is 76.2 Å². The second kappa shape index (κ2) is 6.12. The van der Waals surface area contributed by atoms with Crippen molar-refractivity contribution in [3.63, 3.8) is 0 Å². The molecule has 1 heterocycles. The standard InChI is InChI=1S/C19H17FN2O3/c1-9-5-6-13(19(23)24)8-14(9)17-21-18(25-22-17)15-11(3)7-10(2)12(4)16(15)20/h5-8H,1-4H3,(H,23,24). The van der Waals surface area contributed by atoms with Crippen LogP contribution in [0.25, 0.3) is 22.8 Å². The minimum Gasteiger partial charge on any atom is -0.478 e. The molecule has 6 heteroatoms. The molecule has 2 aromatic carbocycles. The van der Waals surface area contributed by atoms with Crippen molar-refractivity contribution >= 4 is 5.97 Å². The van der Waals surface area contributed by atoms with E-state index in [-0.39, 0.29) is 28.7 Å². The molecule has 0 unspecified atom stereocenters. The van der Waals surface area contributed by atoms with E-state index in [0.29, 0.717) is 16.7 Å². The Balaban J connectivity index is 2.13. The Bertz CT molecular complexity index is 993. The van der Waals surface area contributed by atoms with Gasteiger partial charge in [0.25, 0.3) is 5.89 Å². The first-order valence-corrected chi connectivity index (χ1v) is 7.74. The van der Waals surface area contributed by atoms with Crippen LogP contribution >= 0.6 is 0 Å². The van der Waals surface area contributed by atoms with Gasteiger partial charge in [-0.25, -0.2) is 9.18 Å². The molecule has 0 aliphatic carbocycles. The summed E-state index contributed by atoms with van der Waals surface area (Å²) in [7, 11) is 0. The highest BCUT2D eigenvalue weighted by Crippen LogP contribution is 2.31. The Labute approximate surface area is 144 Å². The minimum absolute atomic E-state index is 0.0771. The number of aromatic carboxylic acids is 1. The van der Waals surface area contributed by atoms with Crippen molar-refractivity contribution in [3.8, 4) is 22.8 Å². The molecule has 128 valence electrons. The number of rotatable bonds is 3. The van der Waals surface area contributed by atoms with Crippen LogP contribution in [0.15, 0.2) is 28.8 Å². The normalized spacial score (nSPS) is 10.9. The number of aromatic nitrogens is 2. The Morgan fingerprint density at radius 1 is 1.08 bits per heavy atom. The molecule has 5 nitrogen and oxygen atoms in total. The molecule has 3 aromatic rings. The third kappa shape index (κ3) is 2.91. The first-order chi connectivity index (χ1) is 11.8. The molecule has 0 saturated carbocycles. The van der Waals surface area contributed by atoms with E-state index in [4.69, 9.17) is 9.63 Å². The molecule has 0 spiro atoms. The molecule has 0 bridgehead atoms. The van der Waals surface area contributed by atoms with E-state index < -0.39 is 5.97 Å². The number of aryl methyl sites for hydroxylation is 3. The number of benzene rings is 2. The van der Waals surface area contributed by atoms with Gasteiger partial charge in [0, 0.05) is 5.56 Å². The smallest absolute Gasteiger partial charge is 0.335 e. The number of carbonyl (C=O) groups is 1. The van der Waals surface area contributed by atoms with E-state index in [9.17, 15) is 9.18 Å². The van der Waals surface area contributed by atoms with Gasteiger partial charge < -0.3 is 9.63 Å². The number of halogens is 1. The van der Waals surface area contributed by atoms with E-state index in [0.717, 1.165) is 11.1 Å². The molecule has 1 N–H and O–H groups in total. The number of nitrogens with zero attached hydrogens (tertiary/aromatic N) is 2. The van der Waals surface area contributed by atoms with Crippen LogP contribution in [0.3, 0.4) is 0 Å². The maximum atomic E-state index is 14.7. The third-order valence-corrected chi connectivity index (χ3v) is 4.33. The van der Waals surface area contributed by atoms with Gasteiger partial charge in [0.05, 0.1) is 11.1 Å². The van der Waals surface area contributed by atoms with Gasteiger partial charge in [0.1, 0.15) is 5.82 Å². The molecule has 0 aliphatic rings. The van der Waals surface area contributed by atoms with Crippen LogP contribution in [0, 0.1) is 33.5 Å². The number of carboxylic acid groups (broad SMARTS) is 1. The molecule has 3 rings (SSSR count). The van der Waals surface area contributed by atoms with Crippen LogP contribution in [0.1, 0.15) is 32.6 Å². The number of carboxylic acids is 1. The lowest BCUT2D eigenvalue weighted by Gasteiger charge is -2.08. The summed E-state index contributed by atoms with van der Waals surface area (Å²) in [4.78, 5) is 15.5. The lowest BCUT2D eigenvalue weighted by atomic mass is 9.99. The first-order valence-electron chi connectivity index (χ1n) is 7.74. The summed E-state index contributed by atoms with van der Waals surface area (Å²) in [6.45, 7) is 7.14. The van der Waals surface area contributed by atoms with Crippen molar-refractivity contribution < 1.29 is 18.8 Å². The van der Waals surface area contributed by atoms with E-state index in [2.05, 4.69) is 10.1 Å². The van der Waals surface area contributed by atoms with Crippen LogP contribution in [0.5, 0.6) is 0 Å². The van der Waals surface area contributed by atoms with Gasteiger partial charge in [-0.2, -0.15) is 4.98 Å². The van der Waals surface area contributed by atoms with Crippen LogP contribution in [0.4, 0.5) is 4.39 Å². The van der Waals surface area contributed by atoms with Crippen molar-refractivity contribution in [1.82, 2.24) is 10.1 Å². The fourth-order valence-electron chi connectivity index (χ4n) is 2.73. The highest BCUT2D eigenvalue weighted by atomic mass is 19.1. The van der Waals surface area contributed by atoms with Gasteiger partial charge in [-0.05, 0) is 62.1 Å². The first kappa shape index (κ1) is 16.8. The zero-order valence-corrected chi connectivity index (χ0v) is 14.3. The van der Waals surface area contributed by atoms with Gasteiger partial charge in [0.15, 0.2) is 0 Å². The second-order valence-corrected chi connectivity index (χ2v) is 6.08. The predicted molar refractivity (Wildman–Crippen MR) is 91.0 cm³/mol. The summed E-state index contributed by atoms with van der Waals surface area (Å²) in [5.41, 5.74) is 3.82. The van der Waals surface area contributed by atoms with E-state index in [1.165, 1.54) is 12.1 Å². The van der Waals surface area contributed by atoms with Crippen molar-refractivity contribution in [2.24, 2.45) is 0 Å². The molecule has 0 saturated heterocycles. The zero-order valence-electron chi connectivity index (χ0n) is 14.3. The summed E-state index contributed by atoms with van der Waals surface area (Å²) in [5.74, 6) is -1.12. The fourth-order valence-corrected chi connectivity index (χ4v) is 2.73. The zero-order chi connectivity index (χ0) is 18.3. The van der Waals surface area contributed by atoms with Crippen molar-refractivity contribution in [3.05, 3.63) is 57.9 Å². The maximum absolute atomic E-state index is 14.7. The summed E-state index contributed by atoms with van der Waals surface area (Å²) < 4.78 is 19.9. The summed E-state index contributed by atoms with van der Waals surface area (Å²) >= 11 is 0. The molecule has 1 aromatic heterocycles. The highest BCUT2D eigenvalue weighted by molar-refractivity contribution is 5.89. The summed E-state index contributed by atoms with van der Waals surface area (Å²) in [6.07, 6.45) is 0. The SMILES string of the molecule is Cc1ccc(C(=O)O)cc1-c1noc(-c2c(C)cc(C)c(C)c2F)n1. The molecule has 0 amide bonds. The summed E-state index contributed by atoms with van der Waals surface area (Å²) in [6, 6.07) is 6.54. The van der Waals surface area contributed by atoms with Crippen LogP contribution < -0.4 is 0 Å². The number of hydrogen-bond acceptors (Lipinski definition) is 4. The second-order valence-electron chi connectivity index (χ2n) is 6.08. The summed E-state index contributed by atoms with van der Waals surface area (Å²) in [5, 5.41) is 13.1. The van der Waals surface area contributed by atoms with Gasteiger partial charge >= 0.3 is 5.97 Å². The van der Waals surface area contributed by atoms with E-state index in [1.807, 2.05) is 19.9 Å². The van der Waals surface area contributed by atoms with Gasteiger partial charge in [-0.1, -0.05) is 17.3 Å². The molecular formula is C19H17FN2O3. The van der Waals surface area contributed by atoms with E-state index >= 15 is 0 Å². The molecule has 0 radical (unpaired) electrons. The Morgan fingerprint density at radius 3 is 2.48 bits per heavy atom. The monoisotopic (exact) mass is 340 g/mol. The average molecular weight is 340 g/mol. The lowest BCUT2D eigenvalue weighted by molar-refractivity contribution is 0.0697. The molecule has 0 fully saturated rings. The van der Waals surface area contributed by atoms with Gasteiger partial charge in [0.2, 0.25) is 5.82 Å². The quantitative estimate of drug-likeness (QED) is 0.761. The van der Waals surface area contributed by atoms with Crippen LogP contribution in [0.2, 0.25) is 0 Å². The minimum atomic E-state index is -1.04. The van der Waals surface area contributed by atoms with Crippen molar-refractivity contribution in [2.45, 2.75) is 27.7 Å². The van der Waals surface area contributed by atoms with Crippen molar-refractivity contribution in [2.75, 3.05) is 0 Å². The maximum Gasteiger partial charge on any atom is 0.335 e. The van der Waals surface area contributed by atoms with Crippen molar-refractivity contribution in [1.29, 1.82) is 0 Å². The molecule has 0 atom stereocenters. The Hall–Kier alpha value is -3.02. The Kier molecular flexibility index (Phi) is 4.12. The predicted octanol–water partition coefficient (Wildman–Crippen LogP) is 4.47. The Morgan fingerprint density at radius 2 is 1.80 bits per heavy atom. The van der Waals surface area contributed by atoms with Gasteiger partial charge in [-0.3, -0.25) is 0 Å². The van der Waals surface area contributed by atoms with Gasteiger partial charge in [-0.15, -0.1) is 0 Å². The molecular weight excluding hydrogens is 323 g/mol. The number of hydrogen-bond donors (Lipinski definition) is 1. The molecule has 0 aliphatic heterocycles. The fraction of sp³-hybridized carbons (Fsp3) is 0.211. The highest BCUT2D eigenvalue weighted by Gasteiger charge is 2.20. The molecule has 25 heavy (non-hydrogen) atoms. The lowest BCUT2D eigenvalue weighted by Crippen LogP contribution is -1.98. The van der Waals surface area contributed by atoms with Crippen LogP contribution in [-0.4, -0.2) is 21.2 Å². The average Bonchev–Trinajstić information content (AvgIpc) is 3.02. The van der Waals surface area contributed by atoms with Crippen LogP contribution in [-0.2, 0) is 0 Å².